The third kappa shape index (κ3) is 4.04. The molecule has 0 N–H and O–H groups in total. The van der Waals surface area contributed by atoms with Crippen LogP contribution in [0.3, 0.4) is 0 Å². The Labute approximate surface area is 136 Å². The summed E-state index contributed by atoms with van der Waals surface area (Å²) in [4.78, 5) is 0. The highest BCUT2D eigenvalue weighted by Gasteiger charge is 2.17. The average Bonchev–Trinajstić information content (AvgIpc) is 2.46. The molecule has 2 unspecified atom stereocenters. The van der Waals surface area contributed by atoms with Crippen LogP contribution in [-0.4, -0.2) is 4.43 Å². The molecule has 2 aromatic carbocycles. The van der Waals surface area contributed by atoms with E-state index in [-0.39, 0.29) is 12.2 Å². The van der Waals surface area contributed by atoms with Crippen LogP contribution in [0.25, 0.3) is 0 Å². The van der Waals surface area contributed by atoms with Crippen molar-refractivity contribution in [2.75, 3.05) is 4.43 Å². The van der Waals surface area contributed by atoms with Gasteiger partial charge in [-0.25, -0.2) is 0 Å². The Morgan fingerprint density at radius 3 is 2.32 bits per heavy atom. The third-order valence-electron chi connectivity index (χ3n) is 3.03. The highest BCUT2D eigenvalue weighted by atomic mass is 127. The molecule has 0 heterocycles. The van der Waals surface area contributed by atoms with Crippen LogP contribution in [0.4, 0.5) is 0 Å². The van der Waals surface area contributed by atoms with Crippen molar-refractivity contribution in [2.24, 2.45) is 0 Å². The monoisotopic (exact) mass is 430 g/mol. The van der Waals surface area contributed by atoms with Gasteiger partial charge in [0.1, 0.15) is 0 Å². The molecule has 2 rings (SSSR count). The molecular weight excluding hydrogens is 415 g/mol. The van der Waals surface area contributed by atoms with Gasteiger partial charge < -0.3 is 4.74 Å². The van der Waals surface area contributed by atoms with Gasteiger partial charge in [0.05, 0.1) is 12.2 Å². The first-order valence-corrected chi connectivity index (χ1v) is 8.55. The van der Waals surface area contributed by atoms with Gasteiger partial charge in [0.15, 0.2) is 0 Å². The van der Waals surface area contributed by atoms with E-state index in [2.05, 4.69) is 75.8 Å². The maximum Gasteiger partial charge on any atom is 0.0933 e. The summed E-state index contributed by atoms with van der Waals surface area (Å²) in [5, 5.41) is 0. The fourth-order valence-corrected chi connectivity index (χ4v) is 3.20. The zero-order valence-corrected chi connectivity index (χ0v) is 14.5. The second-order valence-corrected chi connectivity index (χ2v) is 6.09. The first-order valence-electron chi connectivity index (χ1n) is 6.23. The van der Waals surface area contributed by atoms with Crippen LogP contribution in [0, 0.1) is 0 Å². The number of alkyl halides is 1. The number of hydrogen-bond acceptors (Lipinski definition) is 1. The van der Waals surface area contributed by atoms with Crippen LogP contribution in [0.1, 0.15) is 30.3 Å². The van der Waals surface area contributed by atoms with Crippen molar-refractivity contribution in [1.82, 2.24) is 0 Å². The molecule has 0 radical (unpaired) electrons. The predicted octanol–water partition coefficient (Wildman–Crippen LogP) is 5.70. The SMILES string of the molecule is CC(OC(CI)c1ccccc1Br)c1ccccc1. The van der Waals surface area contributed by atoms with Crippen LogP contribution in [0.15, 0.2) is 59.1 Å². The van der Waals surface area contributed by atoms with E-state index in [1.165, 1.54) is 11.1 Å². The lowest BCUT2D eigenvalue weighted by molar-refractivity contribution is 0.00991. The maximum absolute atomic E-state index is 6.22. The Balaban J connectivity index is 2.14. The molecule has 3 heteroatoms. The second kappa shape index (κ2) is 7.41. The van der Waals surface area contributed by atoms with E-state index in [0.717, 1.165) is 8.90 Å². The summed E-state index contributed by atoms with van der Waals surface area (Å²) in [7, 11) is 0. The van der Waals surface area contributed by atoms with E-state index < -0.39 is 0 Å². The maximum atomic E-state index is 6.22. The molecule has 0 amide bonds. The Bertz CT molecular complexity index is 515. The predicted molar refractivity (Wildman–Crippen MR) is 91.7 cm³/mol. The van der Waals surface area contributed by atoms with E-state index >= 15 is 0 Å². The molecule has 0 aliphatic heterocycles. The van der Waals surface area contributed by atoms with Crippen molar-refractivity contribution < 1.29 is 4.74 Å². The minimum Gasteiger partial charge on any atom is -0.365 e. The summed E-state index contributed by atoms with van der Waals surface area (Å²) in [5.74, 6) is 0. The van der Waals surface area contributed by atoms with Crippen molar-refractivity contribution in [3.63, 3.8) is 0 Å². The quantitative estimate of drug-likeness (QED) is 0.436. The van der Waals surface area contributed by atoms with E-state index in [4.69, 9.17) is 4.74 Å². The van der Waals surface area contributed by atoms with Crippen molar-refractivity contribution >= 4 is 38.5 Å². The van der Waals surface area contributed by atoms with Gasteiger partial charge in [-0.1, -0.05) is 87.1 Å². The van der Waals surface area contributed by atoms with Crippen LogP contribution in [0.2, 0.25) is 0 Å². The molecule has 100 valence electrons. The van der Waals surface area contributed by atoms with Crippen LogP contribution >= 0.6 is 38.5 Å². The lowest BCUT2D eigenvalue weighted by Gasteiger charge is -2.22. The summed E-state index contributed by atoms with van der Waals surface area (Å²) >= 11 is 5.98. The van der Waals surface area contributed by atoms with Crippen molar-refractivity contribution in [3.8, 4) is 0 Å². The first kappa shape index (κ1) is 15.0. The van der Waals surface area contributed by atoms with Gasteiger partial charge in [-0.15, -0.1) is 0 Å². The lowest BCUT2D eigenvalue weighted by Crippen LogP contribution is -2.10. The highest BCUT2D eigenvalue weighted by molar-refractivity contribution is 14.1. The number of hydrogen-bond donors (Lipinski definition) is 0. The van der Waals surface area contributed by atoms with Crippen LogP contribution in [0.5, 0.6) is 0 Å². The summed E-state index contributed by atoms with van der Waals surface area (Å²) in [6.45, 7) is 2.10. The molecule has 0 aliphatic rings. The third-order valence-corrected chi connectivity index (χ3v) is 4.55. The Morgan fingerprint density at radius 2 is 1.68 bits per heavy atom. The van der Waals surface area contributed by atoms with Crippen molar-refractivity contribution in [2.45, 2.75) is 19.1 Å². The van der Waals surface area contributed by atoms with Gasteiger partial charge >= 0.3 is 0 Å². The normalized spacial score (nSPS) is 14.1. The Morgan fingerprint density at radius 1 is 1.05 bits per heavy atom. The molecule has 0 saturated carbocycles. The summed E-state index contributed by atoms with van der Waals surface area (Å²) in [5.41, 5.74) is 2.42. The molecule has 19 heavy (non-hydrogen) atoms. The molecule has 2 atom stereocenters. The minimum atomic E-state index is 0.0908. The van der Waals surface area contributed by atoms with E-state index in [1.54, 1.807) is 0 Å². The number of ether oxygens (including phenoxy) is 1. The van der Waals surface area contributed by atoms with Crippen LogP contribution < -0.4 is 0 Å². The molecule has 0 saturated heterocycles. The first-order chi connectivity index (χ1) is 9.22. The fraction of sp³-hybridized carbons (Fsp3) is 0.250. The standard InChI is InChI=1S/C16H16BrIO/c1-12(13-7-3-2-4-8-13)19-16(11-18)14-9-5-6-10-15(14)17/h2-10,12,16H,11H2,1H3. The Hall–Kier alpha value is -0.390. The molecule has 0 aliphatic carbocycles. The fourth-order valence-electron chi connectivity index (χ4n) is 1.98. The van der Waals surface area contributed by atoms with Gasteiger partial charge in [0, 0.05) is 8.90 Å². The molecule has 0 bridgehead atoms. The topological polar surface area (TPSA) is 9.23 Å². The van der Waals surface area contributed by atoms with Crippen molar-refractivity contribution in [1.29, 1.82) is 0 Å². The summed E-state index contributed by atoms with van der Waals surface area (Å²) < 4.78 is 8.25. The van der Waals surface area contributed by atoms with E-state index in [0.29, 0.717) is 0 Å². The number of halogens is 2. The molecule has 0 fully saturated rings. The van der Waals surface area contributed by atoms with Crippen LogP contribution in [-0.2, 0) is 4.74 Å². The largest absolute Gasteiger partial charge is 0.365 e. The minimum absolute atomic E-state index is 0.0908. The van der Waals surface area contributed by atoms with E-state index in [1.807, 2.05) is 24.3 Å². The van der Waals surface area contributed by atoms with Gasteiger partial charge in [-0.05, 0) is 24.1 Å². The number of benzene rings is 2. The second-order valence-electron chi connectivity index (χ2n) is 4.35. The van der Waals surface area contributed by atoms with Gasteiger partial charge in [-0.2, -0.15) is 0 Å². The average molecular weight is 431 g/mol. The highest BCUT2D eigenvalue weighted by Crippen LogP contribution is 2.32. The van der Waals surface area contributed by atoms with Gasteiger partial charge in [-0.3, -0.25) is 0 Å². The molecule has 0 aromatic heterocycles. The smallest absolute Gasteiger partial charge is 0.0933 e. The number of rotatable bonds is 5. The van der Waals surface area contributed by atoms with Gasteiger partial charge in [0.25, 0.3) is 0 Å². The molecular formula is C16H16BrIO. The molecule has 2 aromatic rings. The molecule has 0 spiro atoms. The lowest BCUT2D eigenvalue weighted by atomic mass is 10.1. The van der Waals surface area contributed by atoms with E-state index in [9.17, 15) is 0 Å². The zero-order valence-electron chi connectivity index (χ0n) is 10.7. The zero-order chi connectivity index (χ0) is 13.7. The summed E-state index contributed by atoms with van der Waals surface area (Å²) in [6, 6.07) is 18.6. The molecule has 1 nitrogen and oxygen atoms in total. The van der Waals surface area contributed by atoms with Crippen molar-refractivity contribution in [3.05, 3.63) is 70.2 Å². The van der Waals surface area contributed by atoms with Gasteiger partial charge in [0.2, 0.25) is 0 Å². The Kier molecular flexibility index (Phi) is 5.85. The summed E-state index contributed by atoms with van der Waals surface area (Å²) in [6.07, 6.45) is 0.194.